The fraction of sp³-hybridized carbons (Fsp3) is 0.185. The number of carbonyl (C=O) groups is 1. The fourth-order valence-corrected chi connectivity index (χ4v) is 3.23. The Balaban J connectivity index is 1.54. The van der Waals surface area contributed by atoms with Gasteiger partial charge in [0.2, 0.25) is 23.8 Å². The quantitative estimate of drug-likeness (QED) is 0.263. The number of hydrogen-bond donors (Lipinski definition) is 4. The Hall–Kier alpha value is -4.46. The van der Waals surface area contributed by atoms with Crippen LogP contribution in [0, 0.1) is 20.8 Å². The average molecular weight is 468 g/mol. The number of rotatable bonds is 8. The summed E-state index contributed by atoms with van der Waals surface area (Å²) in [5.41, 5.74) is 5.86. The smallest absolute Gasteiger partial charge is 0.246 e. The van der Waals surface area contributed by atoms with Crippen LogP contribution in [0.3, 0.4) is 0 Å². The lowest BCUT2D eigenvalue weighted by molar-refractivity contribution is -0.116. The molecule has 0 saturated carbocycles. The number of anilines is 6. The van der Waals surface area contributed by atoms with Crippen molar-refractivity contribution in [3.63, 3.8) is 0 Å². The summed E-state index contributed by atoms with van der Waals surface area (Å²) < 4.78 is 0. The number of aryl methyl sites for hydroxylation is 3. The highest BCUT2D eigenvalue weighted by molar-refractivity contribution is 5.96. The van der Waals surface area contributed by atoms with E-state index in [1.54, 1.807) is 6.92 Å². The highest BCUT2D eigenvalue weighted by Gasteiger charge is 2.16. The number of aromatic nitrogens is 3. The first-order valence-electron chi connectivity index (χ1n) is 11.4. The summed E-state index contributed by atoms with van der Waals surface area (Å²) in [5.74, 6) is 0.783. The molecule has 178 valence electrons. The van der Waals surface area contributed by atoms with Gasteiger partial charge in [-0.25, -0.2) is 0 Å². The molecule has 4 rings (SSSR count). The second-order valence-electron chi connectivity index (χ2n) is 8.51. The molecule has 0 aliphatic heterocycles. The number of hydrogen-bond acceptors (Lipinski definition) is 7. The maximum atomic E-state index is 12.7. The monoisotopic (exact) mass is 467 g/mol. The number of benzene rings is 3. The van der Waals surface area contributed by atoms with E-state index in [-0.39, 0.29) is 11.9 Å². The van der Waals surface area contributed by atoms with Crippen molar-refractivity contribution in [2.45, 2.75) is 33.7 Å². The topological polar surface area (TPSA) is 104 Å². The van der Waals surface area contributed by atoms with Gasteiger partial charge in [0.05, 0.1) is 0 Å². The molecule has 1 atom stereocenters. The van der Waals surface area contributed by atoms with Crippen molar-refractivity contribution >= 4 is 40.8 Å². The van der Waals surface area contributed by atoms with Crippen molar-refractivity contribution in [1.29, 1.82) is 0 Å². The first-order chi connectivity index (χ1) is 16.8. The molecule has 4 aromatic rings. The summed E-state index contributed by atoms with van der Waals surface area (Å²) in [4.78, 5) is 26.2. The van der Waals surface area contributed by atoms with Crippen molar-refractivity contribution in [3.05, 3.63) is 89.5 Å². The Morgan fingerprint density at radius 1 is 0.600 bits per heavy atom. The second kappa shape index (κ2) is 10.6. The minimum absolute atomic E-state index is 0.199. The van der Waals surface area contributed by atoms with Gasteiger partial charge < -0.3 is 21.3 Å². The Labute approximate surface area is 205 Å². The van der Waals surface area contributed by atoms with Gasteiger partial charge in [-0.15, -0.1) is 0 Å². The van der Waals surface area contributed by atoms with Crippen LogP contribution in [0.2, 0.25) is 0 Å². The highest BCUT2D eigenvalue weighted by Crippen LogP contribution is 2.20. The molecular weight excluding hydrogens is 438 g/mol. The molecule has 1 amide bonds. The summed E-state index contributed by atoms with van der Waals surface area (Å²) in [5, 5.41) is 12.4. The summed E-state index contributed by atoms with van der Waals surface area (Å²) in [7, 11) is 0. The van der Waals surface area contributed by atoms with E-state index < -0.39 is 6.04 Å². The molecule has 3 aromatic carbocycles. The SMILES string of the molecule is Cc1ccc(NC(=O)[C@@H](C)Nc2nc(Nc3ccc(C)cc3)nc(Nc3ccc(C)cc3)n2)cc1. The summed E-state index contributed by atoms with van der Waals surface area (Å²) in [6.45, 7) is 7.82. The first kappa shape index (κ1) is 23.7. The number of nitrogens with zero attached hydrogens (tertiary/aromatic N) is 3. The largest absolute Gasteiger partial charge is 0.342 e. The second-order valence-corrected chi connectivity index (χ2v) is 8.51. The first-order valence-corrected chi connectivity index (χ1v) is 11.4. The third-order valence-electron chi connectivity index (χ3n) is 5.31. The van der Waals surface area contributed by atoms with Crippen LogP contribution in [0.15, 0.2) is 72.8 Å². The molecule has 1 aromatic heterocycles. The van der Waals surface area contributed by atoms with Crippen LogP contribution in [0.25, 0.3) is 0 Å². The predicted octanol–water partition coefficient (Wildman–Crippen LogP) is 5.72. The van der Waals surface area contributed by atoms with Gasteiger partial charge in [-0.05, 0) is 64.1 Å². The summed E-state index contributed by atoms with van der Waals surface area (Å²) in [6.07, 6.45) is 0. The molecule has 0 unspecified atom stereocenters. The van der Waals surface area contributed by atoms with Gasteiger partial charge in [0, 0.05) is 17.1 Å². The van der Waals surface area contributed by atoms with Gasteiger partial charge in [-0.2, -0.15) is 15.0 Å². The van der Waals surface area contributed by atoms with Crippen LogP contribution >= 0.6 is 0 Å². The van der Waals surface area contributed by atoms with Crippen LogP contribution in [-0.2, 0) is 4.79 Å². The van der Waals surface area contributed by atoms with Crippen LogP contribution in [-0.4, -0.2) is 26.9 Å². The lowest BCUT2D eigenvalue weighted by Gasteiger charge is -2.16. The van der Waals surface area contributed by atoms with E-state index in [2.05, 4.69) is 36.2 Å². The van der Waals surface area contributed by atoms with Gasteiger partial charge >= 0.3 is 0 Å². The Bertz CT molecular complexity index is 1220. The average Bonchev–Trinajstić information content (AvgIpc) is 2.83. The minimum Gasteiger partial charge on any atom is -0.342 e. The van der Waals surface area contributed by atoms with E-state index >= 15 is 0 Å². The molecule has 0 saturated heterocycles. The van der Waals surface area contributed by atoms with E-state index in [0.717, 1.165) is 33.8 Å². The van der Waals surface area contributed by atoms with Crippen molar-refractivity contribution in [2.75, 3.05) is 21.3 Å². The Morgan fingerprint density at radius 2 is 0.971 bits per heavy atom. The zero-order valence-corrected chi connectivity index (χ0v) is 20.3. The Morgan fingerprint density at radius 3 is 1.40 bits per heavy atom. The molecular formula is C27H29N7O. The normalized spacial score (nSPS) is 11.4. The van der Waals surface area contributed by atoms with E-state index in [0.29, 0.717) is 11.9 Å². The van der Waals surface area contributed by atoms with Crippen molar-refractivity contribution in [1.82, 2.24) is 15.0 Å². The zero-order chi connectivity index (χ0) is 24.8. The van der Waals surface area contributed by atoms with Crippen molar-refractivity contribution in [2.24, 2.45) is 0 Å². The number of amides is 1. The zero-order valence-electron chi connectivity index (χ0n) is 20.3. The molecule has 8 nitrogen and oxygen atoms in total. The highest BCUT2D eigenvalue weighted by atomic mass is 16.2. The van der Waals surface area contributed by atoms with Crippen molar-refractivity contribution < 1.29 is 4.79 Å². The fourth-order valence-electron chi connectivity index (χ4n) is 3.23. The molecule has 0 spiro atoms. The van der Waals surface area contributed by atoms with Gasteiger partial charge in [0.15, 0.2) is 0 Å². The molecule has 0 radical (unpaired) electrons. The lowest BCUT2D eigenvalue weighted by atomic mass is 10.2. The molecule has 0 aliphatic rings. The van der Waals surface area contributed by atoms with Crippen LogP contribution < -0.4 is 21.3 Å². The van der Waals surface area contributed by atoms with Crippen LogP contribution in [0.5, 0.6) is 0 Å². The number of carbonyl (C=O) groups excluding carboxylic acids is 1. The van der Waals surface area contributed by atoms with Gasteiger partial charge in [0.25, 0.3) is 0 Å². The van der Waals surface area contributed by atoms with Crippen molar-refractivity contribution in [3.8, 4) is 0 Å². The molecule has 0 bridgehead atoms. The summed E-state index contributed by atoms with van der Waals surface area (Å²) >= 11 is 0. The van der Waals surface area contributed by atoms with Crippen LogP contribution in [0.4, 0.5) is 34.9 Å². The van der Waals surface area contributed by atoms with E-state index in [9.17, 15) is 4.79 Å². The van der Waals surface area contributed by atoms with E-state index in [4.69, 9.17) is 0 Å². The molecule has 0 fully saturated rings. The maximum absolute atomic E-state index is 12.7. The van der Waals surface area contributed by atoms with E-state index in [1.165, 1.54) is 0 Å². The number of nitrogens with one attached hydrogen (secondary N) is 4. The van der Waals surface area contributed by atoms with Gasteiger partial charge in [-0.3, -0.25) is 4.79 Å². The predicted molar refractivity (Wildman–Crippen MR) is 142 cm³/mol. The van der Waals surface area contributed by atoms with Gasteiger partial charge in [-0.1, -0.05) is 53.1 Å². The third-order valence-corrected chi connectivity index (χ3v) is 5.31. The molecule has 0 aliphatic carbocycles. The van der Waals surface area contributed by atoms with E-state index in [1.807, 2.05) is 93.6 Å². The molecule has 8 heteroatoms. The maximum Gasteiger partial charge on any atom is 0.246 e. The summed E-state index contributed by atoms with van der Waals surface area (Å²) in [6, 6.07) is 22.9. The molecule has 35 heavy (non-hydrogen) atoms. The molecule has 1 heterocycles. The third kappa shape index (κ3) is 6.77. The minimum atomic E-state index is -0.585. The lowest BCUT2D eigenvalue weighted by Crippen LogP contribution is -2.32. The molecule has 4 N–H and O–H groups in total. The van der Waals surface area contributed by atoms with Crippen LogP contribution in [0.1, 0.15) is 23.6 Å². The standard InChI is InChI=1S/C27H29N7O/c1-17-5-11-21(12-6-17)29-24(35)20(4)28-25-32-26(30-22-13-7-18(2)8-14-22)34-27(33-25)31-23-15-9-19(3)10-16-23/h5-16,20H,1-4H3,(H,29,35)(H3,28,30,31,32,33,34)/t20-/m1/s1. The Kier molecular flexibility index (Phi) is 7.21. The van der Waals surface area contributed by atoms with Gasteiger partial charge in [0.1, 0.15) is 6.04 Å².